The third-order valence-electron chi connectivity index (χ3n) is 12.7. The van der Waals surface area contributed by atoms with Crippen molar-refractivity contribution in [2.24, 2.45) is 11.7 Å². The lowest BCUT2D eigenvalue weighted by Crippen LogP contribution is -2.47. The van der Waals surface area contributed by atoms with Crippen LogP contribution in [0.5, 0.6) is 0 Å². The van der Waals surface area contributed by atoms with Crippen molar-refractivity contribution in [3.63, 3.8) is 0 Å². The Morgan fingerprint density at radius 2 is 1.31 bits per heavy atom. The molecule has 4 unspecified atom stereocenters. The van der Waals surface area contributed by atoms with Crippen LogP contribution in [0.15, 0.2) is 36.4 Å². The van der Waals surface area contributed by atoms with E-state index in [4.69, 9.17) is 20.4 Å². The van der Waals surface area contributed by atoms with Gasteiger partial charge in [0.1, 0.15) is 9.75 Å². The second kappa shape index (κ2) is 13.0. The van der Waals surface area contributed by atoms with Gasteiger partial charge in [0, 0.05) is 82.8 Å². The van der Waals surface area contributed by atoms with Crippen LogP contribution in [-0.4, -0.2) is 89.0 Å². The number of aromatic amines is 2. The Balaban J connectivity index is 0.000000141. The van der Waals surface area contributed by atoms with E-state index in [1.807, 2.05) is 18.2 Å². The van der Waals surface area contributed by atoms with Gasteiger partial charge in [-0.1, -0.05) is 41.7 Å². The molecule has 2 aromatic carbocycles. The molecule has 4 atom stereocenters. The lowest BCUT2D eigenvalue weighted by atomic mass is 9.77. The summed E-state index contributed by atoms with van der Waals surface area (Å²) in [7, 11) is 0. The molecule has 3 aliphatic heterocycles. The molecule has 3 fully saturated rings. The SMILES string of the molecule is CC1(C)c2nc(N3CC4NCCOC4C3)sc2C(=O)c2c1[nH]c1cc(C#N)ccc21.CC1CN(c2nc3c(s2)C(=O)c2c([nH]c4cc(C#N)ccc24)C3(C)C)CC1N. The van der Waals surface area contributed by atoms with Crippen molar-refractivity contribution in [3.8, 4) is 12.1 Å². The molecule has 0 bridgehead atoms. The summed E-state index contributed by atoms with van der Waals surface area (Å²) in [6, 6.07) is 15.7. The van der Waals surface area contributed by atoms with Crippen molar-refractivity contribution in [2.45, 2.75) is 63.6 Å². The number of anilines is 2. The van der Waals surface area contributed by atoms with E-state index in [1.165, 1.54) is 22.7 Å². The molecule has 5 N–H and O–H groups in total. The first-order valence-electron chi connectivity index (χ1n) is 19.6. The molecule has 5 aliphatic rings. The molecular weight excluding hydrogens is 769 g/mol. The number of ketones is 2. The van der Waals surface area contributed by atoms with Gasteiger partial charge in [-0.2, -0.15) is 10.5 Å². The molecule has 3 saturated heterocycles. The number of H-pyrrole nitrogens is 2. The Hall–Kier alpha value is -5.42. The van der Waals surface area contributed by atoms with E-state index in [9.17, 15) is 20.1 Å². The van der Waals surface area contributed by atoms with Crippen molar-refractivity contribution in [1.82, 2.24) is 25.3 Å². The number of nitrogens with two attached hydrogens (primary N) is 1. The van der Waals surface area contributed by atoms with E-state index in [0.717, 1.165) is 99.1 Å². The van der Waals surface area contributed by atoms with Crippen LogP contribution in [0.1, 0.15) is 99.0 Å². The van der Waals surface area contributed by atoms with E-state index >= 15 is 0 Å². The van der Waals surface area contributed by atoms with Crippen molar-refractivity contribution in [1.29, 1.82) is 10.5 Å². The molecule has 0 spiro atoms. The molecule has 4 aromatic heterocycles. The second-order valence-corrected chi connectivity index (χ2v) is 19.1. The zero-order valence-electron chi connectivity index (χ0n) is 32.8. The molecule has 13 nitrogen and oxygen atoms in total. The first kappa shape index (κ1) is 36.9. The Kier molecular flexibility index (Phi) is 8.30. The molecule has 0 saturated carbocycles. The number of aromatic nitrogens is 4. The lowest BCUT2D eigenvalue weighted by Gasteiger charge is -2.28. The summed E-state index contributed by atoms with van der Waals surface area (Å²) >= 11 is 2.96. The van der Waals surface area contributed by atoms with Gasteiger partial charge in [-0.3, -0.25) is 9.59 Å². The first-order chi connectivity index (χ1) is 27.8. The summed E-state index contributed by atoms with van der Waals surface area (Å²) in [4.78, 5) is 49.5. The molecule has 294 valence electrons. The highest BCUT2D eigenvalue weighted by atomic mass is 32.1. The average Bonchev–Trinajstić information content (AvgIpc) is 4.07. The van der Waals surface area contributed by atoms with Gasteiger partial charge in [0.2, 0.25) is 11.6 Å². The first-order valence-corrected chi connectivity index (χ1v) is 21.3. The van der Waals surface area contributed by atoms with Crippen molar-refractivity contribution >= 4 is 66.3 Å². The average molecular weight is 811 g/mol. The van der Waals surface area contributed by atoms with Crippen LogP contribution < -0.4 is 20.9 Å². The Labute approximate surface area is 342 Å². The topological polar surface area (TPSA) is 193 Å². The standard InChI is InChI=1S/C22H21N5O2S.C21H21N5OS/c1-22(2)19-16(12-4-3-11(8-23)7-13(12)25-19)17(28)18-20(22)26-21(30-18)27-9-14-15(10-27)29-6-5-24-14;1-10-8-26(9-13(10)23)20-25-19-17(28-20)16(27)15-12-5-4-11(7-22)6-14(12)24-18(15)21(19,2)3/h3-4,7,14-15,24-25H,5-6,9-10H2,1-2H3;4-6,10,13,24H,8-9,23H2,1-3H3. The van der Waals surface area contributed by atoms with Crippen molar-refractivity contribution < 1.29 is 14.3 Å². The predicted octanol–water partition coefficient (Wildman–Crippen LogP) is 5.69. The number of rotatable bonds is 2. The van der Waals surface area contributed by atoms with Crippen LogP contribution in [0.25, 0.3) is 21.8 Å². The van der Waals surface area contributed by atoms with Crippen LogP contribution in [0, 0.1) is 28.6 Å². The van der Waals surface area contributed by atoms with Gasteiger partial charge in [0.05, 0.1) is 64.5 Å². The third-order valence-corrected chi connectivity index (χ3v) is 14.9. The Bertz CT molecular complexity index is 2790. The summed E-state index contributed by atoms with van der Waals surface area (Å²) in [5.41, 5.74) is 12.9. The number of carbonyl (C=O) groups is 2. The number of ether oxygens (including phenoxy) is 1. The number of nitriles is 2. The number of carbonyl (C=O) groups excluding carboxylic acids is 2. The maximum Gasteiger partial charge on any atom is 0.207 e. The lowest BCUT2D eigenvalue weighted by molar-refractivity contribution is 0.0212. The van der Waals surface area contributed by atoms with E-state index < -0.39 is 10.8 Å². The van der Waals surface area contributed by atoms with Gasteiger partial charge in [-0.05, 0) is 57.9 Å². The maximum atomic E-state index is 13.5. The van der Waals surface area contributed by atoms with Crippen molar-refractivity contribution in [2.75, 3.05) is 49.1 Å². The maximum absolute atomic E-state index is 13.5. The fourth-order valence-electron chi connectivity index (χ4n) is 9.35. The molecule has 15 heteroatoms. The van der Waals surface area contributed by atoms with Gasteiger partial charge in [-0.25, -0.2) is 9.97 Å². The number of morpholine rings is 1. The largest absolute Gasteiger partial charge is 0.373 e. The quantitative estimate of drug-likeness (QED) is 0.168. The molecule has 11 rings (SSSR count). The highest BCUT2D eigenvalue weighted by Gasteiger charge is 2.46. The molecule has 7 heterocycles. The van der Waals surface area contributed by atoms with Gasteiger partial charge in [0.15, 0.2) is 10.3 Å². The summed E-state index contributed by atoms with van der Waals surface area (Å²) in [6.45, 7) is 15.5. The molecular formula is C43H42N10O3S2. The van der Waals surface area contributed by atoms with Gasteiger partial charge >= 0.3 is 0 Å². The number of hydrogen-bond donors (Lipinski definition) is 4. The number of nitrogens with zero attached hydrogens (tertiary/aromatic N) is 6. The molecule has 2 aliphatic carbocycles. The number of hydrogen-bond acceptors (Lipinski definition) is 13. The van der Waals surface area contributed by atoms with E-state index in [0.29, 0.717) is 39.1 Å². The zero-order chi connectivity index (χ0) is 40.4. The Morgan fingerprint density at radius 1 is 0.793 bits per heavy atom. The third kappa shape index (κ3) is 5.41. The Morgan fingerprint density at radius 3 is 1.78 bits per heavy atom. The van der Waals surface area contributed by atoms with Gasteiger partial charge < -0.3 is 35.6 Å². The van der Waals surface area contributed by atoms with E-state index in [1.54, 1.807) is 18.2 Å². The minimum Gasteiger partial charge on any atom is -0.373 e. The fraction of sp³-hybridized carbons (Fsp3) is 0.395. The minimum atomic E-state index is -0.430. The summed E-state index contributed by atoms with van der Waals surface area (Å²) in [6.07, 6.45) is 0.175. The molecule has 0 amide bonds. The highest BCUT2D eigenvalue weighted by Crippen LogP contribution is 2.48. The predicted molar refractivity (Wildman–Crippen MR) is 224 cm³/mol. The number of benzene rings is 2. The van der Waals surface area contributed by atoms with Crippen LogP contribution in [0.4, 0.5) is 10.3 Å². The molecule has 58 heavy (non-hydrogen) atoms. The smallest absolute Gasteiger partial charge is 0.207 e. The summed E-state index contributed by atoms with van der Waals surface area (Å²) in [5.74, 6) is 0.446. The summed E-state index contributed by atoms with van der Waals surface area (Å²) in [5, 5.41) is 25.4. The second-order valence-electron chi connectivity index (χ2n) is 17.2. The van der Waals surface area contributed by atoms with E-state index in [-0.39, 0.29) is 23.7 Å². The summed E-state index contributed by atoms with van der Waals surface area (Å²) < 4.78 is 5.90. The van der Waals surface area contributed by atoms with Gasteiger partial charge in [-0.15, -0.1) is 0 Å². The number of nitrogens with one attached hydrogen (secondary N) is 3. The highest BCUT2D eigenvalue weighted by molar-refractivity contribution is 7.18. The van der Waals surface area contributed by atoms with Crippen molar-refractivity contribution in [3.05, 3.63) is 91.2 Å². The zero-order valence-corrected chi connectivity index (χ0v) is 34.5. The monoisotopic (exact) mass is 810 g/mol. The normalized spacial score (nSPS) is 23.7. The van der Waals surface area contributed by atoms with Crippen LogP contribution in [0.3, 0.4) is 0 Å². The molecule has 6 aromatic rings. The number of thiazole rings is 2. The molecule has 0 radical (unpaired) electrons. The van der Waals surface area contributed by atoms with Gasteiger partial charge in [0.25, 0.3) is 0 Å². The minimum absolute atomic E-state index is 0.0144. The van der Waals surface area contributed by atoms with E-state index in [2.05, 4.69) is 71.8 Å². The number of fused-ring (bicyclic) bond motifs is 9. The fourth-order valence-corrected chi connectivity index (χ4v) is 11.7. The van der Waals surface area contributed by atoms with Crippen LogP contribution >= 0.6 is 22.7 Å². The van der Waals surface area contributed by atoms with Crippen LogP contribution in [0.2, 0.25) is 0 Å². The van der Waals surface area contributed by atoms with Crippen LogP contribution in [-0.2, 0) is 15.6 Å².